The van der Waals surface area contributed by atoms with E-state index in [1.54, 1.807) is 36.7 Å². The third-order valence-corrected chi connectivity index (χ3v) is 5.34. The number of hydrogen-bond donors (Lipinski definition) is 2. The first-order valence-electron chi connectivity index (χ1n) is 9.95. The summed E-state index contributed by atoms with van der Waals surface area (Å²) in [5, 5.41) is 4.10. The Labute approximate surface area is 172 Å². The van der Waals surface area contributed by atoms with Crippen molar-refractivity contribution in [3.05, 3.63) is 66.5 Å². The normalized spacial score (nSPS) is 16.7. The predicted molar refractivity (Wildman–Crippen MR) is 111 cm³/mol. The van der Waals surface area contributed by atoms with Gasteiger partial charge in [-0.2, -0.15) is 4.98 Å². The van der Waals surface area contributed by atoms with Crippen LogP contribution in [0.5, 0.6) is 5.88 Å². The number of nitrogens with one attached hydrogen (secondary N) is 2. The number of hydrogen-bond acceptors (Lipinski definition) is 4. The van der Waals surface area contributed by atoms with Crippen LogP contribution in [0.1, 0.15) is 12.8 Å². The van der Waals surface area contributed by atoms with Gasteiger partial charge in [-0.3, -0.25) is 0 Å². The average molecular weight is 406 g/mol. The van der Waals surface area contributed by atoms with Gasteiger partial charge in [0.15, 0.2) is 5.82 Å². The first-order chi connectivity index (χ1) is 14.7. The molecule has 0 bridgehead atoms. The molecule has 7 heteroatoms. The van der Waals surface area contributed by atoms with Gasteiger partial charge >= 0.3 is 0 Å². The van der Waals surface area contributed by atoms with Crippen molar-refractivity contribution in [3.8, 4) is 28.4 Å². The van der Waals surface area contributed by atoms with Gasteiger partial charge in [-0.25, -0.2) is 13.8 Å². The highest BCUT2D eigenvalue weighted by molar-refractivity contribution is 5.96. The first kappa shape index (κ1) is 18.7. The molecule has 0 amide bonds. The number of H-pyrrole nitrogens is 1. The number of fused-ring (bicyclic) bond motifs is 1. The smallest absolute Gasteiger partial charge is 0.217 e. The maximum Gasteiger partial charge on any atom is 0.217 e. The van der Waals surface area contributed by atoms with Gasteiger partial charge in [-0.15, -0.1) is 0 Å². The lowest BCUT2D eigenvalue weighted by Gasteiger charge is -2.23. The van der Waals surface area contributed by atoms with E-state index in [4.69, 9.17) is 4.74 Å². The fraction of sp³-hybridized carbons (Fsp3) is 0.217. The molecule has 1 aliphatic heterocycles. The number of piperidine rings is 1. The van der Waals surface area contributed by atoms with E-state index in [2.05, 4.69) is 20.3 Å². The van der Waals surface area contributed by atoms with Crippen LogP contribution in [0.4, 0.5) is 8.78 Å². The summed E-state index contributed by atoms with van der Waals surface area (Å²) in [6.45, 7) is 1.80. The van der Waals surface area contributed by atoms with Gasteiger partial charge in [0.2, 0.25) is 5.88 Å². The zero-order valence-electron chi connectivity index (χ0n) is 16.2. The second kappa shape index (κ2) is 7.84. The van der Waals surface area contributed by atoms with E-state index in [0.717, 1.165) is 42.4 Å². The summed E-state index contributed by atoms with van der Waals surface area (Å²) in [5.41, 5.74) is 1.99. The predicted octanol–water partition coefficient (Wildman–Crippen LogP) is 4.70. The van der Waals surface area contributed by atoms with Gasteiger partial charge in [-0.1, -0.05) is 12.1 Å². The topological polar surface area (TPSA) is 62.8 Å². The second-order valence-electron chi connectivity index (χ2n) is 7.36. The molecule has 2 N–H and O–H groups in total. The van der Waals surface area contributed by atoms with Crippen LogP contribution in [0.3, 0.4) is 0 Å². The number of halogens is 2. The highest BCUT2D eigenvalue weighted by Gasteiger charge is 2.17. The van der Waals surface area contributed by atoms with Crippen molar-refractivity contribution >= 4 is 10.9 Å². The summed E-state index contributed by atoms with van der Waals surface area (Å²) in [7, 11) is 0. The molecule has 0 spiro atoms. The lowest BCUT2D eigenvalue weighted by Crippen LogP contribution is -2.37. The monoisotopic (exact) mass is 406 g/mol. The van der Waals surface area contributed by atoms with Crippen LogP contribution in [-0.2, 0) is 0 Å². The fourth-order valence-electron chi connectivity index (χ4n) is 3.86. The minimum Gasteiger partial charge on any atom is -0.473 e. The van der Waals surface area contributed by atoms with Crippen molar-refractivity contribution in [2.75, 3.05) is 13.1 Å². The molecule has 5 rings (SSSR count). The fourth-order valence-corrected chi connectivity index (χ4v) is 3.86. The standard InChI is InChI=1S/C23H20F2N4O/c24-18-4-1-5-19(25)22(18)14-6-7-20-16(11-14)17(13-28-20)23-27-10-8-21(29-23)30-15-3-2-9-26-12-15/h1,4-8,10-11,13,15,26,28H,2-3,9,12H2. The molecular weight excluding hydrogens is 386 g/mol. The van der Waals surface area contributed by atoms with Gasteiger partial charge in [0, 0.05) is 41.5 Å². The summed E-state index contributed by atoms with van der Waals surface area (Å²) in [5.74, 6) is -0.189. The molecule has 3 heterocycles. The van der Waals surface area contributed by atoms with Gasteiger partial charge in [-0.05, 0) is 49.2 Å². The van der Waals surface area contributed by atoms with Crippen LogP contribution in [-0.4, -0.2) is 34.1 Å². The second-order valence-corrected chi connectivity index (χ2v) is 7.36. The summed E-state index contributed by atoms with van der Waals surface area (Å²) >= 11 is 0. The Morgan fingerprint density at radius 1 is 1.07 bits per heavy atom. The van der Waals surface area contributed by atoms with E-state index in [1.165, 1.54) is 18.2 Å². The minimum absolute atomic E-state index is 0.0469. The van der Waals surface area contributed by atoms with E-state index in [9.17, 15) is 8.78 Å². The zero-order valence-corrected chi connectivity index (χ0v) is 16.2. The van der Waals surface area contributed by atoms with Crippen LogP contribution in [0, 0.1) is 11.6 Å². The van der Waals surface area contributed by atoms with E-state index < -0.39 is 11.6 Å². The van der Waals surface area contributed by atoms with Gasteiger partial charge < -0.3 is 15.0 Å². The number of aromatic nitrogens is 3. The third kappa shape index (κ3) is 3.52. The van der Waals surface area contributed by atoms with Crippen molar-refractivity contribution in [1.29, 1.82) is 0 Å². The Balaban J connectivity index is 1.53. The molecule has 1 atom stereocenters. The van der Waals surface area contributed by atoms with Crippen molar-refractivity contribution in [2.45, 2.75) is 18.9 Å². The minimum atomic E-state index is -0.598. The van der Waals surface area contributed by atoms with Crippen LogP contribution in [0.2, 0.25) is 0 Å². The van der Waals surface area contributed by atoms with E-state index >= 15 is 0 Å². The summed E-state index contributed by atoms with van der Waals surface area (Å²) in [6.07, 6.45) is 5.60. The molecule has 5 nitrogen and oxygen atoms in total. The van der Waals surface area contributed by atoms with Gasteiger partial charge in [0.25, 0.3) is 0 Å². The number of rotatable bonds is 4. The molecular formula is C23H20F2N4O. The molecule has 2 aromatic heterocycles. The lowest BCUT2D eigenvalue weighted by atomic mass is 10.0. The Kier molecular flexibility index (Phi) is 4.88. The molecule has 1 aliphatic rings. The SMILES string of the molecule is Fc1cccc(F)c1-c1ccc2[nH]cc(-c3nccc(OC4CCCNC4)n3)c2c1. The molecule has 1 saturated heterocycles. The summed E-state index contributed by atoms with van der Waals surface area (Å²) < 4.78 is 34.5. The van der Waals surface area contributed by atoms with Gasteiger partial charge in [0.1, 0.15) is 17.7 Å². The molecule has 0 radical (unpaired) electrons. The molecule has 0 saturated carbocycles. The van der Waals surface area contributed by atoms with Crippen LogP contribution in [0.15, 0.2) is 54.9 Å². The van der Waals surface area contributed by atoms with Crippen LogP contribution < -0.4 is 10.1 Å². The molecule has 1 fully saturated rings. The van der Waals surface area contributed by atoms with Gasteiger partial charge in [0.05, 0.1) is 5.56 Å². The summed E-state index contributed by atoms with van der Waals surface area (Å²) in [6, 6.07) is 10.9. The Morgan fingerprint density at radius 3 is 2.73 bits per heavy atom. The first-order valence-corrected chi connectivity index (χ1v) is 9.95. The molecule has 152 valence electrons. The van der Waals surface area contributed by atoms with Crippen LogP contribution >= 0.6 is 0 Å². The number of ether oxygens (including phenoxy) is 1. The summed E-state index contributed by atoms with van der Waals surface area (Å²) in [4.78, 5) is 12.1. The third-order valence-electron chi connectivity index (χ3n) is 5.34. The molecule has 2 aromatic carbocycles. The maximum atomic E-state index is 14.3. The molecule has 1 unspecified atom stereocenters. The van der Waals surface area contributed by atoms with Crippen molar-refractivity contribution in [1.82, 2.24) is 20.3 Å². The average Bonchev–Trinajstić information content (AvgIpc) is 3.18. The Hall–Kier alpha value is -3.32. The van der Waals surface area contributed by atoms with Crippen molar-refractivity contribution < 1.29 is 13.5 Å². The lowest BCUT2D eigenvalue weighted by molar-refractivity contribution is 0.160. The highest BCUT2D eigenvalue weighted by Crippen LogP contribution is 2.33. The molecule has 4 aromatic rings. The van der Waals surface area contributed by atoms with Crippen molar-refractivity contribution in [3.63, 3.8) is 0 Å². The highest BCUT2D eigenvalue weighted by atomic mass is 19.1. The van der Waals surface area contributed by atoms with E-state index in [1.807, 2.05) is 0 Å². The van der Waals surface area contributed by atoms with E-state index in [-0.39, 0.29) is 11.7 Å². The quantitative estimate of drug-likeness (QED) is 0.516. The molecule has 0 aliphatic carbocycles. The Bertz CT molecular complexity index is 1180. The molecule has 30 heavy (non-hydrogen) atoms. The van der Waals surface area contributed by atoms with E-state index in [0.29, 0.717) is 17.3 Å². The van der Waals surface area contributed by atoms with Crippen molar-refractivity contribution in [2.24, 2.45) is 0 Å². The van der Waals surface area contributed by atoms with Crippen LogP contribution in [0.25, 0.3) is 33.4 Å². The number of nitrogens with zero attached hydrogens (tertiary/aromatic N) is 2. The Morgan fingerprint density at radius 2 is 1.93 bits per heavy atom. The number of aromatic amines is 1. The maximum absolute atomic E-state index is 14.3. The number of benzene rings is 2. The zero-order chi connectivity index (χ0) is 20.5. The largest absolute Gasteiger partial charge is 0.473 e.